The van der Waals surface area contributed by atoms with Crippen LogP contribution in [0.15, 0.2) is 24.3 Å². The summed E-state index contributed by atoms with van der Waals surface area (Å²) in [6.45, 7) is 4.10. The van der Waals surface area contributed by atoms with Crippen LogP contribution in [-0.4, -0.2) is 65.3 Å². The van der Waals surface area contributed by atoms with Gasteiger partial charge in [0.1, 0.15) is 0 Å². The van der Waals surface area contributed by atoms with E-state index in [0.29, 0.717) is 0 Å². The molecule has 136 valence electrons. The largest absolute Gasteiger partial charge is 0.368 e. The SMILES string of the molecule is NC(=O)C1CCCN1CC(=O)Nc1cccc(CN2CCSCC2)c1. The Morgan fingerprint density at radius 3 is 2.80 bits per heavy atom. The highest BCUT2D eigenvalue weighted by molar-refractivity contribution is 7.99. The molecule has 2 amide bonds. The number of likely N-dealkylation sites (tertiary alicyclic amines) is 1. The summed E-state index contributed by atoms with van der Waals surface area (Å²) in [7, 11) is 0. The second kappa shape index (κ2) is 8.69. The smallest absolute Gasteiger partial charge is 0.238 e. The maximum Gasteiger partial charge on any atom is 0.238 e. The molecule has 0 aliphatic carbocycles. The average molecular weight is 362 g/mol. The Kier molecular flexibility index (Phi) is 6.34. The van der Waals surface area contributed by atoms with Crippen molar-refractivity contribution < 1.29 is 9.59 Å². The first-order chi connectivity index (χ1) is 12.1. The quantitative estimate of drug-likeness (QED) is 0.793. The van der Waals surface area contributed by atoms with Crippen molar-refractivity contribution in [3.8, 4) is 0 Å². The Hall–Kier alpha value is -1.57. The second-order valence-electron chi connectivity index (χ2n) is 6.67. The first kappa shape index (κ1) is 18.2. The van der Waals surface area contributed by atoms with Crippen LogP contribution < -0.4 is 11.1 Å². The molecule has 1 aromatic carbocycles. The summed E-state index contributed by atoms with van der Waals surface area (Å²) in [5.41, 5.74) is 7.42. The van der Waals surface area contributed by atoms with Gasteiger partial charge in [0.25, 0.3) is 0 Å². The maximum absolute atomic E-state index is 12.3. The zero-order chi connectivity index (χ0) is 17.6. The summed E-state index contributed by atoms with van der Waals surface area (Å²) in [5.74, 6) is 1.94. The van der Waals surface area contributed by atoms with E-state index < -0.39 is 0 Å². The summed E-state index contributed by atoms with van der Waals surface area (Å²) in [6.07, 6.45) is 1.65. The van der Waals surface area contributed by atoms with Crippen molar-refractivity contribution in [1.29, 1.82) is 0 Å². The first-order valence-electron chi connectivity index (χ1n) is 8.84. The number of benzene rings is 1. The molecule has 0 spiro atoms. The Labute approximate surface area is 153 Å². The molecule has 2 fully saturated rings. The molecular formula is C18H26N4O2S. The molecule has 7 heteroatoms. The molecule has 1 unspecified atom stereocenters. The van der Waals surface area contributed by atoms with Crippen LogP contribution >= 0.6 is 11.8 Å². The third-order valence-electron chi connectivity index (χ3n) is 4.76. The van der Waals surface area contributed by atoms with E-state index in [1.165, 1.54) is 17.1 Å². The minimum Gasteiger partial charge on any atom is -0.368 e. The predicted molar refractivity (Wildman–Crippen MR) is 101 cm³/mol. The Bertz CT molecular complexity index is 619. The summed E-state index contributed by atoms with van der Waals surface area (Å²) in [5, 5.41) is 2.95. The van der Waals surface area contributed by atoms with E-state index in [9.17, 15) is 9.59 Å². The lowest BCUT2D eigenvalue weighted by Crippen LogP contribution is -2.43. The molecule has 3 N–H and O–H groups in total. The van der Waals surface area contributed by atoms with Crippen molar-refractivity contribution >= 4 is 29.3 Å². The fourth-order valence-corrected chi connectivity index (χ4v) is 4.47. The highest BCUT2D eigenvalue weighted by Gasteiger charge is 2.30. The van der Waals surface area contributed by atoms with E-state index in [1.807, 2.05) is 34.9 Å². The normalized spacial score (nSPS) is 22.0. The van der Waals surface area contributed by atoms with Crippen LogP contribution in [0, 0.1) is 0 Å². The second-order valence-corrected chi connectivity index (χ2v) is 7.89. The van der Waals surface area contributed by atoms with Gasteiger partial charge in [0.15, 0.2) is 0 Å². The van der Waals surface area contributed by atoms with Gasteiger partial charge >= 0.3 is 0 Å². The molecule has 25 heavy (non-hydrogen) atoms. The number of hydrogen-bond acceptors (Lipinski definition) is 5. The highest BCUT2D eigenvalue weighted by atomic mass is 32.2. The van der Waals surface area contributed by atoms with Gasteiger partial charge in [-0.25, -0.2) is 0 Å². The number of amides is 2. The van der Waals surface area contributed by atoms with Gasteiger partial charge in [-0.05, 0) is 37.1 Å². The van der Waals surface area contributed by atoms with Gasteiger partial charge in [0.2, 0.25) is 11.8 Å². The van der Waals surface area contributed by atoms with Crippen molar-refractivity contribution in [2.24, 2.45) is 5.73 Å². The topological polar surface area (TPSA) is 78.7 Å². The summed E-state index contributed by atoms with van der Waals surface area (Å²) in [6, 6.07) is 7.71. The van der Waals surface area contributed by atoms with Crippen molar-refractivity contribution in [2.75, 3.05) is 43.0 Å². The molecular weight excluding hydrogens is 336 g/mol. The Morgan fingerprint density at radius 2 is 2.04 bits per heavy atom. The lowest BCUT2D eigenvalue weighted by Gasteiger charge is -2.26. The van der Waals surface area contributed by atoms with Gasteiger partial charge in [-0.15, -0.1) is 0 Å². The molecule has 2 heterocycles. The fourth-order valence-electron chi connectivity index (χ4n) is 3.49. The van der Waals surface area contributed by atoms with Crippen LogP contribution in [0.1, 0.15) is 18.4 Å². The van der Waals surface area contributed by atoms with Crippen molar-refractivity contribution in [2.45, 2.75) is 25.4 Å². The van der Waals surface area contributed by atoms with Gasteiger partial charge in [-0.3, -0.25) is 19.4 Å². The molecule has 0 saturated carbocycles. The summed E-state index contributed by atoms with van der Waals surface area (Å²) in [4.78, 5) is 28.1. The minimum absolute atomic E-state index is 0.0975. The number of primary amides is 1. The molecule has 0 radical (unpaired) electrons. The fraction of sp³-hybridized carbons (Fsp3) is 0.556. The molecule has 0 bridgehead atoms. The molecule has 2 aliphatic rings. The van der Waals surface area contributed by atoms with E-state index in [1.54, 1.807) is 0 Å². The lowest BCUT2D eigenvalue weighted by atomic mass is 10.2. The third kappa shape index (κ3) is 5.20. The van der Waals surface area contributed by atoms with E-state index in [2.05, 4.69) is 16.3 Å². The Morgan fingerprint density at radius 1 is 1.24 bits per heavy atom. The molecule has 2 saturated heterocycles. The van der Waals surface area contributed by atoms with Gasteiger partial charge in [-0.1, -0.05) is 12.1 Å². The van der Waals surface area contributed by atoms with E-state index in [4.69, 9.17) is 5.73 Å². The van der Waals surface area contributed by atoms with Gasteiger partial charge < -0.3 is 11.1 Å². The number of carbonyl (C=O) groups is 2. The number of nitrogens with zero attached hydrogens (tertiary/aromatic N) is 2. The van der Waals surface area contributed by atoms with Crippen LogP contribution in [0.2, 0.25) is 0 Å². The van der Waals surface area contributed by atoms with Crippen LogP contribution in [0.25, 0.3) is 0 Å². The number of anilines is 1. The average Bonchev–Trinajstić information content (AvgIpc) is 3.04. The number of rotatable bonds is 6. The number of nitrogens with two attached hydrogens (primary N) is 1. The lowest BCUT2D eigenvalue weighted by molar-refractivity contribution is -0.123. The zero-order valence-electron chi connectivity index (χ0n) is 14.4. The summed E-state index contributed by atoms with van der Waals surface area (Å²) < 4.78 is 0. The zero-order valence-corrected chi connectivity index (χ0v) is 15.3. The van der Waals surface area contributed by atoms with Crippen LogP contribution in [0.3, 0.4) is 0 Å². The van der Waals surface area contributed by atoms with Crippen LogP contribution in [0.4, 0.5) is 5.69 Å². The number of hydrogen-bond donors (Lipinski definition) is 2. The van der Waals surface area contributed by atoms with E-state index >= 15 is 0 Å². The van der Waals surface area contributed by atoms with Gasteiger partial charge in [-0.2, -0.15) is 11.8 Å². The highest BCUT2D eigenvalue weighted by Crippen LogP contribution is 2.18. The number of nitrogens with one attached hydrogen (secondary N) is 1. The summed E-state index contributed by atoms with van der Waals surface area (Å²) >= 11 is 2.00. The van der Waals surface area contributed by atoms with Crippen LogP contribution in [-0.2, 0) is 16.1 Å². The monoisotopic (exact) mass is 362 g/mol. The molecule has 2 aliphatic heterocycles. The predicted octanol–water partition coefficient (Wildman–Crippen LogP) is 1.12. The van der Waals surface area contributed by atoms with Gasteiger partial charge in [0, 0.05) is 36.8 Å². The van der Waals surface area contributed by atoms with Crippen molar-refractivity contribution in [3.63, 3.8) is 0 Å². The van der Waals surface area contributed by atoms with E-state index in [0.717, 1.165) is 44.7 Å². The van der Waals surface area contributed by atoms with Crippen molar-refractivity contribution in [3.05, 3.63) is 29.8 Å². The molecule has 6 nitrogen and oxygen atoms in total. The Balaban J connectivity index is 1.54. The van der Waals surface area contributed by atoms with Crippen LogP contribution in [0.5, 0.6) is 0 Å². The van der Waals surface area contributed by atoms with Crippen molar-refractivity contribution in [1.82, 2.24) is 9.80 Å². The maximum atomic E-state index is 12.3. The standard InChI is InChI=1S/C18H26N4O2S/c19-18(24)16-5-2-6-22(16)13-17(23)20-15-4-1-3-14(11-15)12-21-7-9-25-10-8-21/h1,3-4,11,16H,2,5-10,12-13H2,(H2,19,24)(H,20,23). The molecule has 1 atom stereocenters. The van der Waals surface area contributed by atoms with E-state index in [-0.39, 0.29) is 24.4 Å². The number of thioether (sulfide) groups is 1. The molecule has 1 aromatic rings. The molecule has 3 rings (SSSR count). The third-order valence-corrected chi connectivity index (χ3v) is 5.70. The first-order valence-corrected chi connectivity index (χ1v) is 9.99. The minimum atomic E-state index is -0.341. The van der Waals surface area contributed by atoms with Gasteiger partial charge in [0.05, 0.1) is 12.6 Å². The molecule has 0 aromatic heterocycles. The number of carbonyl (C=O) groups excluding carboxylic acids is 2.